The predicted molar refractivity (Wildman–Crippen MR) is 53.6 cm³/mol. The maximum absolute atomic E-state index is 11.4. The second-order valence-corrected chi connectivity index (χ2v) is 3.42. The average molecular weight is 204 g/mol. The van der Waals surface area contributed by atoms with Crippen LogP contribution in [0, 0.1) is 5.92 Å². The molecule has 1 amide bonds. The molecule has 0 bridgehead atoms. The standard InChI is InChI=1S/C9H20N2O3/c1-6(2)8(10)9(12)11-5-7(13-3)14-4/h6-8H,5,10H2,1-4H3,(H,11,12)/t8-/m1/s1. The first-order chi connectivity index (χ1) is 6.52. The van der Waals surface area contributed by atoms with E-state index in [1.807, 2.05) is 13.8 Å². The lowest BCUT2D eigenvalue weighted by atomic mass is 10.1. The van der Waals surface area contributed by atoms with Crippen LogP contribution >= 0.6 is 0 Å². The van der Waals surface area contributed by atoms with E-state index in [4.69, 9.17) is 15.2 Å². The zero-order chi connectivity index (χ0) is 11.1. The van der Waals surface area contributed by atoms with Gasteiger partial charge < -0.3 is 20.5 Å². The zero-order valence-corrected chi connectivity index (χ0v) is 9.24. The first-order valence-electron chi connectivity index (χ1n) is 4.61. The van der Waals surface area contributed by atoms with Crippen LogP contribution in [0.2, 0.25) is 0 Å². The summed E-state index contributed by atoms with van der Waals surface area (Å²) in [4.78, 5) is 11.4. The van der Waals surface area contributed by atoms with E-state index in [9.17, 15) is 4.79 Å². The van der Waals surface area contributed by atoms with Gasteiger partial charge in [-0.15, -0.1) is 0 Å². The van der Waals surface area contributed by atoms with Crippen molar-refractivity contribution in [3.63, 3.8) is 0 Å². The smallest absolute Gasteiger partial charge is 0.237 e. The zero-order valence-electron chi connectivity index (χ0n) is 9.24. The molecule has 0 aliphatic rings. The second kappa shape index (κ2) is 6.75. The molecule has 0 aromatic heterocycles. The van der Waals surface area contributed by atoms with Crippen LogP contribution in [0.3, 0.4) is 0 Å². The normalized spacial score (nSPS) is 13.4. The third kappa shape index (κ3) is 4.55. The van der Waals surface area contributed by atoms with Crippen LogP contribution in [0.15, 0.2) is 0 Å². The highest BCUT2D eigenvalue weighted by atomic mass is 16.7. The van der Waals surface area contributed by atoms with Crippen molar-refractivity contribution in [3.05, 3.63) is 0 Å². The first kappa shape index (κ1) is 13.4. The highest BCUT2D eigenvalue weighted by Crippen LogP contribution is 1.98. The number of nitrogens with two attached hydrogens (primary N) is 1. The topological polar surface area (TPSA) is 73.6 Å². The number of nitrogens with one attached hydrogen (secondary N) is 1. The van der Waals surface area contributed by atoms with E-state index in [-0.39, 0.29) is 11.8 Å². The molecule has 0 aliphatic heterocycles. The molecular formula is C9H20N2O3. The minimum Gasteiger partial charge on any atom is -0.354 e. The Balaban J connectivity index is 3.83. The summed E-state index contributed by atoms with van der Waals surface area (Å²) >= 11 is 0. The lowest BCUT2D eigenvalue weighted by molar-refractivity contribution is -0.129. The van der Waals surface area contributed by atoms with Gasteiger partial charge in [0, 0.05) is 14.2 Å². The van der Waals surface area contributed by atoms with Crippen molar-refractivity contribution in [2.45, 2.75) is 26.2 Å². The number of rotatable bonds is 6. The summed E-state index contributed by atoms with van der Waals surface area (Å²) in [6.07, 6.45) is -0.418. The number of ether oxygens (including phenoxy) is 2. The molecule has 3 N–H and O–H groups in total. The van der Waals surface area contributed by atoms with Crippen LogP contribution in [0.25, 0.3) is 0 Å². The first-order valence-corrected chi connectivity index (χ1v) is 4.61. The van der Waals surface area contributed by atoms with Crippen LogP contribution in [0.5, 0.6) is 0 Å². The van der Waals surface area contributed by atoms with Crippen LogP contribution in [-0.2, 0) is 14.3 Å². The van der Waals surface area contributed by atoms with Gasteiger partial charge in [-0.2, -0.15) is 0 Å². The maximum Gasteiger partial charge on any atom is 0.237 e. The van der Waals surface area contributed by atoms with E-state index < -0.39 is 12.3 Å². The van der Waals surface area contributed by atoms with Gasteiger partial charge in [-0.05, 0) is 5.92 Å². The molecule has 84 valence electrons. The Hall–Kier alpha value is -0.650. The highest BCUT2D eigenvalue weighted by Gasteiger charge is 2.17. The van der Waals surface area contributed by atoms with Crippen molar-refractivity contribution in [1.82, 2.24) is 5.32 Å². The van der Waals surface area contributed by atoms with Gasteiger partial charge in [-0.25, -0.2) is 0 Å². The van der Waals surface area contributed by atoms with Gasteiger partial charge in [0.2, 0.25) is 5.91 Å². The SMILES string of the molecule is COC(CNC(=O)[C@H](N)C(C)C)OC. The molecule has 0 heterocycles. The Morgan fingerprint density at radius 1 is 1.36 bits per heavy atom. The fourth-order valence-corrected chi connectivity index (χ4v) is 0.867. The summed E-state index contributed by atoms with van der Waals surface area (Å²) < 4.78 is 9.82. The molecule has 0 fully saturated rings. The Kier molecular flexibility index (Phi) is 6.44. The van der Waals surface area contributed by atoms with Gasteiger partial charge in [0.15, 0.2) is 6.29 Å². The Morgan fingerprint density at radius 2 is 1.86 bits per heavy atom. The summed E-state index contributed by atoms with van der Waals surface area (Å²) in [7, 11) is 3.03. The van der Waals surface area contributed by atoms with Crippen molar-refractivity contribution in [2.24, 2.45) is 11.7 Å². The molecule has 5 heteroatoms. The van der Waals surface area contributed by atoms with Crippen LogP contribution in [0.4, 0.5) is 0 Å². The number of carbonyl (C=O) groups excluding carboxylic acids is 1. The summed E-state index contributed by atoms with van der Waals surface area (Å²) in [6, 6.07) is -0.482. The van der Waals surface area contributed by atoms with Gasteiger partial charge in [0.05, 0.1) is 12.6 Å². The third-order valence-corrected chi connectivity index (χ3v) is 1.99. The van der Waals surface area contributed by atoms with Gasteiger partial charge in [-0.3, -0.25) is 4.79 Å². The number of methoxy groups -OCH3 is 2. The fraction of sp³-hybridized carbons (Fsp3) is 0.889. The lowest BCUT2D eigenvalue weighted by Gasteiger charge is -2.18. The average Bonchev–Trinajstić information content (AvgIpc) is 2.17. The molecule has 14 heavy (non-hydrogen) atoms. The summed E-state index contributed by atoms with van der Waals surface area (Å²) in [5.74, 6) is -0.0577. The van der Waals surface area contributed by atoms with Gasteiger partial charge >= 0.3 is 0 Å². The van der Waals surface area contributed by atoms with E-state index in [0.29, 0.717) is 6.54 Å². The largest absolute Gasteiger partial charge is 0.354 e. The van der Waals surface area contributed by atoms with Crippen LogP contribution < -0.4 is 11.1 Å². The predicted octanol–water partition coefficient (Wildman–Crippen LogP) is -0.295. The molecule has 0 unspecified atom stereocenters. The summed E-state index contributed by atoms with van der Waals surface area (Å²) in [5, 5.41) is 2.65. The molecule has 5 nitrogen and oxygen atoms in total. The van der Waals surface area contributed by atoms with E-state index in [2.05, 4.69) is 5.32 Å². The molecule has 0 rings (SSSR count). The Labute approximate surface area is 84.9 Å². The minimum absolute atomic E-state index is 0.124. The molecule has 0 radical (unpaired) electrons. The Bertz CT molecular complexity index is 169. The second-order valence-electron chi connectivity index (χ2n) is 3.42. The molecule has 0 saturated carbocycles. The van der Waals surface area contributed by atoms with E-state index in [1.54, 1.807) is 0 Å². The molecule has 0 aromatic rings. The maximum atomic E-state index is 11.4. The molecular weight excluding hydrogens is 184 g/mol. The molecule has 0 aromatic carbocycles. The monoisotopic (exact) mass is 204 g/mol. The molecule has 1 atom stereocenters. The van der Waals surface area contributed by atoms with Crippen molar-refractivity contribution in [3.8, 4) is 0 Å². The van der Waals surface area contributed by atoms with E-state index in [1.165, 1.54) is 14.2 Å². The van der Waals surface area contributed by atoms with Crippen molar-refractivity contribution >= 4 is 5.91 Å². The number of hydrogen-bond donors (Lipinski definition) is 2. The van der Waals surface area contributed by atoms with Gasteiger partial charge in [-0.1, -0.05) is 13.8 Å². The lowest BCUT2D eigenvalue weighted by Crippen LogP contribution is -2.46. The van der Waals surface area contributed by atoms with Crippen molar-refractivity contribution < 1.29 is 14.3 Å². The van der Waals surface area contributed by atoms with Crippen molar-refractivity contribution in [2.75, 3.05) is 20.8 Å². The quantitative estimate of drug-likeness (QED) is 0.583. The van der Waals surface area contributed by atoms with Gasteiger partial charge in [0.1, 0.15) is 0 Å². The van der Waals surface area contributed by atoms with Crippen LogP contribution in [0.1, 0.15) is 13.8 Å². The van der Waals surface area contributed by atoms with Gasteiger partial charge in [0.25, 0.3) is 0 Å². The third-order valence-electron chi connectivity index (χ3n) is 1.99. The van der Waals surface area contributed by atoms with Crippen LogP contribution in [-0.4, -0.2) is 39.0 Å². The molecule has 0 saturated heterocycles. The Morgan fingerprint density at radius 3 is 2.21 bits per heavy atom. The van der Waals surface area contributed by atoms with Crippen molar-refractivity contribution in [1.29, 1.82) is 0 Å². The highest BCUT2D eigenvalue weighted by molar-refractivity contribution is 5.81. The van der Waals surface area contributed by atoms with E-state index >= 15 is 0 Å². The number of hydrogen-bond acceptors (Lipinski definition) is 4. The molecule has 0 spiro atoms. The summed E-state index contributed by atoms with van der Waals surface area (Å²) in [5.41, 5.74) is 5.64. The van der Waals surface area contributed by atoms with E-state index in [0.717, 1.165) is 0 Å². The number of carbonyl (C=O) groups is 1. The fourth-order valence-electron chi connectivity index (χ4n) is 0.867. The number of amides is 1. The minimum atomic E-state index is -0.482. The summed E-state index contributed by atoms with van der Waals surface area (Å²) in [6.45, 7) is 4.11. The molecule has 0 aliphatic carbocycles.